The fourth-order valence-corrected chi connectivity index (χ4v) is 2.82. The number of hydrogen-bond donors (Lipinski definition) is 5. The van der Waals surface area contributed by atoms with Gasteiger partial charge in [0.25, 0.3) is 0 Å². The van der Waals surface area contributed by atoms with Gasteiger partial charge in [-0.3, -0.25) is 10.6 Å². The van der Waals surface area contributed by atoms with E-state index < -0.39 is 6.23 Å². The van der Waals surface area contributed by atoms with Crippen LogP contribution in [0.25, 0.3) is 0 Å². The van der Waals surface area contributed by atoms with E-state index in [1.165, 1.54) is 0 Å². The van der Waals surface area contributed by atoms with Gasteiger partial charge in [-0.1, -0.05) is 0 Å². The van der Waals surface area contributed by atoms with Crippen LogP contribution < -0.4 is 21.5 Å². The van der Waals surface area contributed by atoms with Crippen LogP contribution >= 0.6 is 11.6 Å². The van der Waals surface area contributed by atoms with Crippen LogP contribution in [0.15, 0.2) is 0 Å². The highest BCUT2D eigenvalue weighted by Crippen LogP contribution is 2.25. The van der Waals surface area contributed by atoms with Crippen molar-refractivity contribution in [1.29, 1.82) is 0 Å². The number of aliphatic hydroxyl groups excluding tert-OH is 1. The van der Waals surface area contributed by atoms with E-state index in [-0.39, 0.29) is 29.9 Å². The summed E-state index contributed by atoms with van der Waals surface area (Å²) in [6, 6.07) is 0.145. The Kier molecular flexibility index (Phi) is 5.20. The first-order chi connectivity index (χ1) is 8.60. The van der Waals surface area contributed by atoms with E-state index in [1.54, 1.807) is 7.11 Å². The number of hydrogen-bond acceptors (Lipinski definition) is 6. The molecule has 0 aromatic carbocycles. The van der Waals surface area contributed by atoms with Gasteiger partial charge < -0.3 is 9.84 Å². The first kappa shape index (κ1) is 14.5. The van der Waals surface area contributed by atoms with Gasteiger partial charge in [-0.25, -0.2) is 10.9 Å². The van der Waals surface area contributed by atoms with E-state index in [0.717, 1.165) is 19.3 Å². The van der Waals surface area contributed by atoms with E-state index in [9.17, 15) is 5.11 Å². The Balaban J connectivity index is 1.87. The van der Waals surface area contributed by atoms with Gasteiger partial charge in [0.05, 0.1) is 12.1 Å². The van der Waals surface area contributed by atoms with E-state index in [2.05, 4.69) is 21.5 Å². The van der Waals surface area contributed by atoms with Crippen molar-refractivity contribution in [3.8, 4) is 0 Å². The summed E-state index contributed by atoms with van der Waals surface area (Å²) >= 11 is 6.20. The minimum absolute atomic E-state index is 0.0339. The van der Waals surface area contributed by atoms with Crippen LogP contribution in [0.3, 0.4) is 0 Å². The maximum Gasteiger partial charge on any atom is 0.126 e. The van der Waals surface area contributed by atoms with E-state index in [0.29, 0.717) is 0 Å². The number of alkyl halides is 1. The Morgan fingerprint density at radius 3 is 2.78 bits per heavy atom. The molecule has 0 bridgehead atoms. The molecule has 0 radical (unpaired) electrons. The fourth-order valence-electron chi connectivity index (χ4n) is 2.50. The molecule has 2 rings (SSSR count). The maximum absolute atomic E-state index is 9.74. The molecule has 1 aliphatic heterocycles. The zero-order chi connectivity index (χ0) is 13.1. The Hall–Kier alpha value is 0.0500. The number of methoxy groups -OCH3 is 1. The minimum atomic E-state index is -0.583. The van der Waals surface area contributed by atoms with Crippen molar-refractivity contribution in [3.05, 3.63) is 0 Å². The lowest BCUT2D eigenvalue weighted by Gasteiger charge is -2.40. The Bertz CT molecular complexity index is 271. The molecule has 1 heterocycles. The van der Waals surface area contributed by atoms with Crippen molar-refractivity contribution in [3.63, 3.8) is 0 Å². The molecule has 0 amide bonds. The van der Waals surface area contributed by atoms with Crippen LogP contribution in [-0.4, -0.2) is 48.3 Å². The monoisotopic (exact) mass is 278 g/mol. The van der Waals surface area contributed by atoms with Gasteiger partial charge in [0, 0.05) is 18.5 Å². The predicted octanol–water partition coefficient (Wildman–Crippen LogP) is -0.561. The Labute approximate surface area is 113 Å². The number of ether oxygens (including phenoxy) is 1. The number of aliphatic hydroxyl groups is 1. The quantitative estimate of drug-likeness (QED) is 0.446. The van der Waals surface area contributed by atoms with E-state index in [4.69, 9.17) is 16.3 Å². The Morgan fingerprint density at radius 2 is 2.11 bits per heavy atom. The van der Waals surface area contributed by atoms with Gasteiger partial charge >= 0.3 is 0 Å². The van der Waals surface area contributed by atoms with Crippen LogP contribution in [-0.2, 0) is 4.74 Å². The molecule has 6 atom stereocenters. The zero-order valence-electron chi connectivity index (χ0n) is 10.8. The molecule has 0 aromatic heterocycles. The summed E-state index contributed by atoms with van der Waals surface area (Å²) in [5.41, 5.74) is 6.09. The smallest absolute Gasteiger partial charge is 0.126 e. The lowest BCUT2D eigenvalue weighted by molar-refractivity contribution is -0.000565. The molecule has 6 nitrogen and oxygen atoms in total. The van der Waals surface area contributed by atoms with Gasteiger partial charge in [0.2, 0.25) is 0 Å². The van der Waals surface area contributed by atoms with Gasteiger partial charge in [-0.05, 0) is 26.2 Å². The largest absolute Gasteiger partial charge is 0.380 e. The number of nitrogens with one attached hydrogen (secondary N) is 4. The van der Waals surface area contributed by atoms with Gasteiger partial charge in [0.15, 0.2) is 0 Å². The van der Waals surface area contributed by atoms with Crippen molar-refractivity contribution < 1.29 is 9.84 Å². The Morgan fingerprint density at radius 1 is 1.33 bits per heavy atom. The molecule has 106 valence electrons. The van der Waals surface area contributed by atoms with Gasteiger partial charge in [0.1, 0.15) is 12.5 Å². The second kappa shape index (κ2) is 6.47. The summed E-state index contributed by atoms with van der Waals surface area (Å²) in [6.07, 6.45) is 2.20. The molecule has 18 heavy (non-hydrogen) atoms. The summed E-state index contributed by atoms with van der Waals surface area (Å²) in [5.74, 6) is 0. The first-order valence-corrected chi connectivity index (χ1v) is 6.92. The first-order valence-electron chi connectivity index (χ1n) is 6.48. The summed E-state index contributed by atoms with van der Waals surface area (Å²) < 4.78 is 5.48. The molecule has 2 fully saturated rings. The highest BCUT2D eigenvalue weighted by Gasteiger charge is 2.33. The van der Waals surface area contributed by atoms with Gasteiger partial charge in [-0.2, -0.15) is 0 Å². The van der Waals surface area contributed by atoms with Crippen molar-refractivity contribution in [2.24, 2.45) is 0 Å². The minimum Gasteiger partial charge on any atom is -0.380 e. The molecule has 6 unspecified atom stereocenters. The van der Waals surface area contributed by atoms with Crippen LogP contribution in [0.5, 0.6) is 0 Å². The molecule has 1 saturated carbocycles. The lowest BCUT2D eigenvalue weighted by Crippen LogP contribution is -2.72. The van der Waals surface area contributed by atoms with Crippen LogP contribution in [0.1, 0.15) is 26.2 Å². The predicted molar refractivity (Wildman–Crippen MR) is 69.9 cm³/mol. The SMILES string of the molecule is COC1CCC(Cl)CC1NC1NNC(C)C(O)N1. The lowest BCUT2D eigenvalue weighted by atomic mass is 9.92. The normalized spacial score (nSPS) is 46.0. The molecule has 7 heteroatoms. The maximum atomic E-state index is 9.74. The average Bonchev–Trinajstić information content (AvgIpc) is 2.34. The highest BCUT2D eigenvalue weighted by molar-refractivity contribution is 6.20. The number of halogens is 1. The second-order valence-electron chi connectivity index (χ2n) is 5.08. The number of rotatable bonds is 3. The van der Waals surface area contributed by atoms with Crippen LogP contribution in [0, 0.1) is 0 Å². The van der Waals surface area contributed by atoms with Crippen molar-refractivity contribution in [2.75, 3.05) is 7.11 Å². The third kappa shape index (κ3) is 3.54. The molecule has 1 saturated heterocycles. The summed E-state index contributed by atoms with van der Waals surface area (Å²) in [4.78, 5) is 0. The molecule has 1 aliphatic carbocycles. The fraction of sp³-hybridized carbons (Fsp3) is 1.00. The summed E-state index contributed by atoms with van der Waals surface area (Å²) in [6.45, 7) is 1.90. The van der Waals surface area contributed by atoms with E-state index >= 15 is 0 Å². The molecule has 0 spiro atoms. The zero-order valence-corrected chi connectivity index (χ0v) is 11.6. The van der Waals surface area contributed by atoms with Crippen molar-refractivity contribution >= 4 is 11.6 Å². The van der Waals surface area contributed by atoms with Gasteiger partial charge in [-0.15, -0.1) is 11.6 Å². The molecular formula is C11H23ClN4O2. The standard InChI is InChI=1S/C11H23ClN4O2/c1-6-10(17)14-11(16-15-6)13-8-5-7(12)3-4-9(8)18-2/h6-11,13-17H,3-5H2,1-2H3. The third-order valence-electron chi connectivity index (χ3n) is 3.67. The van der Waals surface area contributed by atoms with Crippen molar-refractivity contribution in [1.82, 2.24) is 21.5 Å². The van der Waals surface area contributed by atoms with Crippen molar-refractivity contribution in [2.45, 2.75) is 62.3 Å². The van der Waals surface area contributed by atoms with Crippen LogP contribution in [0.2, 0.25) is 0 Å². The topological polar surface area (TPSA) is 77.6 Å². The third-order valence-corrected chi connectivity index (χ3v) is 4.07. The second-order valence-corrected chi connectivity index (χ2v) is 5.70. The molecule has 2 aliphatic rings. The molecule has 5 N–H and O–H groups in total. The van der Waals surface area contributed by atoms with Crippen LogP contribution in [0.4, 0.5) is 0 Å². The number of hydrazine groups is 1. The summed E-state index contributed by atoms with van der Waals surface area (Å²) in [5, 5.41) is 16.4. The average molecular weight is 279 g/mol. The highest BCUT2D eigenvalue weighted by atomic mass is 35.5. The summed E-state index contributed by atoms with van der Waals surface area (Å²) in [7, 11) is 1.73. The van der Waals surface area contributed by atoms with E-state index in [1.807, 2.05) is 6.92 Å². The molecule has 0 aromatic rings. The molecular weight excluding hydrogens is 256 g/mol.